The molecular formula is C17H17Br2NO. The fourth-order valence-electron chi connectivity index (χ4n) is 2.13. The maximum absolute atomic E-state index is 12.5. The van der Waals surface area contributed by atoms with Gasteiger partial charge in [-0.25, -0.2) is 0 Å². The van der Waals surface area contributed by atoms with Crippen LogP contribution in [0.3, 0.4) is 0 Å². The molecule has 0 fully saturated rings. The third-order valence-corrected chi connectivity index (χ3v) is 4.02. The first-order valence-corrected chi connectivity index (χ1v) is 8.72. The molecular weight excluding hydrogens is 394 g/mol. The second-order valence-electron chi connectivity index (χ2n) is 4.80. The molecule has 0 bridgehead atoms. The monoisotopic (exact) mass is 409 g/mol. The van der Waals surface area contributed by atoms with Crippen molar-refractivity contribution < 1.29 is 4.79 Å². The van der Waals surface area contributed by atoms with Gasteiger partial charge in [-0.1, -0.05) is 74.3 Å². The maximum Gasteiger partial charge on any atom is 0.227 e. The SMILES string of the molecule is O=C(Cc1cccc(Br)c1)N(CCBr)Cc1ccccc1. The average Bonchev–Trinajstić information content (AvgIpc) is 2.48. The average molecular weight is 411 g/mol. The molecule has 2 rings (SSSR count). The minimum absolute atomic E-state index is 0.149. The zero-order chi connectivity index (χ0) is 15.1. The van der Waals surface area contributed by atoms with Gasteiger partial charge >= 0.3 is 0 Å². The van der Waals surface area contributed by atoms with Crippen molar-refractivity contribution in [1.82, 2.24) is 4.90 Å². The van der Waals surface area contributed by atoms with Gasteiger partial charge in [0.25, 0.3) is 0 Å². The van der Waals surface area contributed by atoms with Crippen LogP contribution in [0.25, 0.3) is 0 Å². The van der Waals surface area contributed by atoms with Crippen molar-refractivity contribution in [2.24, 2.45) is 0 Å². The molecule has 0 N–H and O–H groups in total. The van der Waals surface area contributed by atoms with Crippen LogP contribution in [0.5, 0.6) is 0 Å². The van der Waals surface area contributed by atoms with Crippen molar-refractivity contribution >= 4 is 37.8 Å². The summed E-state index contributed by atoms with van der Waals surface area (Å²) in [6, 6.07) is 18.0. The fraction of sp³-hybridized carbons (Fsp3) is 0.235. The van der Waals surface area contributed by atoms with E-state index in [9.17, 15) is 4.79 Å². The summed E-state index contributed by atoms with van der Waals surface area (Å²) < 4.78 is 1.00. The van der Waals surface area contributed by atoms with Crippen molar-refractivity contribution in [2.75, 3.05) is 11.9 Å². The normalized spacial score (nSPS) is 10.4. The van der Waals surface area contributed by atoms with Crippen LogP contribution in [0.2, 0.25) is 0 Å². The van der Waals surface area contributed by atoms with Gasteiger partial charge in [0.1, 0.15) is 0 Å². The Hall–Kier alpha value is -1.13. The van der Waals surface area contributed by atoms with E-state index in [4.69, 9.17) is 0 Å². The number of halogens is 2. The number of benzene rings is 2. The molecule has 4 heteroatoms. The second kappa shape index (κ2) is 8.35. The molecule has 0 heterocycles. The molecule has 0 unspecified atom stereocenters. The quantitative estimate of drug-likeness (QED) is 0.645. The van der Waals surface area contributed by atoms with Crippen LogP contribution in [-0.2, 0) is 17.8 Å². The van der Waals surface area contributed by atoms with Gasteiger partial charge in [0.2, 0.25) is 5.91 Å². The lowest BCUT2D eigenvalue weighted by Gasteiger charge is -2.22. The van der Waals surface area contributed by atoms with Crippen LogP contribution in [-0.4, -0.2) is 22.7 Å². The van der Waals surface area contributed by atoms with Crippen LogP contribution in [0.4, 0.5) is 0 Å². The molecule has 0 radical (unpaired) electrons. The van der Waals surface area contributed by atoms with Gasteiger partial charge < -0.3 is 4.90 Å². The predicted molar refractivity (Wildman–Crippen MR) is 93.5 cm³/mol. The molecule has 0 aliphatic carbocycles. The Bertz CT molecular complexity index is 586. The molecule has 2 aromatic carbocycles. The number of carbonyl (C=O) groups is 1. The topological polar surface area (TPSA) is 20.3 Å². The summed E-state index contributed by atoms with van der Waals surface area (Å²) in [6.45, 7) is 1.36. The van der Waals surface area contributed by atoms with E-state index < -0.39 is 0 Å². The maximum atomic E-state index is 12.5. The first-order chi connectivity index (χ1) is 10.2. The van der Waals surface area contributed by atoms with E-state index in [0.29, 0.717) is 19.5 Å². The Kier molecular flexibility index (Phi) is 6.46. The second-order valence-corrected chi connectivity index (χ2v) is 6.51. The highest BCUT2D eigenvalue weighted by Gasteiger charge is 2.14. The van der Waals surface area contributed by atoms with E-state index in [1.165, 1.54) is 0 Å². The number of amides is 1. The molecule has 2 aromatic rings. The first kappa shape index (κ1) is 16.2. The van der Waals surface area contributed by atoms with Crippen molar-refractivity contribution in [3.63, 3.8) is 0 Å². The van der Waals surface area contributed by atoms with Crippen LogP contribution in [0.1, 0.15) is 11.1 Å². The number of rotatable bonds is 6. The van der Waals surface area contributed by atoms with Crippen molar-refractivity contribution in [3.05, 3.63) is 70.2 Å². The van der Waals surface area contributed by atoms with Gasteiger partial charge in [0.15, 0.2) is 0 Å². The molecule has 0 aliphatic rings. The number of carbonyl (C=O) groups excluding carboxylic acids is 1. The van der Waals surface area contributed by atoms with Crippen molar-refractivity contribution in [3.8, 4) is 0 Å². The van der Waals surface area contributed by atoms with E-state index in [-0.39, 0.29) is 5.91 Å². The minimum atomic E-state index is 0.149. The number of hydrogen-bond acceptors (Lipinski definition) is 1. The Morgan fingerprint density at radius 2 is 1.71 bits per heavy atom. The van der Waals surface area contributed by atoms with E-state index in [1.54, 1.807) is 0 Å². The molecule has 2 nitrogen and oxygen atoms in total. The van der Waals surface area contributed by atoms with Crippen LogP contribution < -0.4 is 0 Å². The summed E-state index contributed by atoms with van der Waals surface area (Å²) in [5.74, 6) is 0.149. The van der Waals surface area contributed by atoms with Gasteiger partial charge in [-0.2, -0.15) is 0 Å². The number of hydrogen-bond donors (Lipinski definition) is 0. The van der Waals surface area contributed by atoms with Gasteiger partial charge in [0.05, 0.1) is 6.42 Å². The molecule has 0 atom stereocenters. The fourth-order valence-corrected chi connectivity index (χ4v) is 3.01. The molecule has 0 aliphatic heterocycles. The van der Waals surface area contributed by atoms with E-state index in [0.717, 1.165) is 20.9 Å². The van der Waals surface area contributed by atoms with Crippen LogP contribution in [0.15, 0.2) is 59.1 Å². The molecule has 21 heavy (non-hydrogen) atoms. The van der Waals surface area contributed by atoms with Gasteiger partial charge in [-0.05, 0) is 23.3 Å². The summed E-state index contributed by atoms with van der Waals surface area (Å²) in [5, 5.41) is 0.782. The van der Waals surface area contributed by atoms with Gasteiger partial charge in [0, 0.05) is 22.9 Å². The predicted octanol–water partition coefficient (Wildman–Crippen LogP) is 4.42. The van der Waals surface area contributed by atoms with Gasteiger partial charge in [-0.15, -0.1) is 0 Å². The lowest BCUT2D eigenvalue weighted by Crippen LogP contribution is -2.33. The highest BCUT2D eigenvalue weighted by atomic mass is 79.9. The van der Waals surface area contributed by atoms with Crippen molar-refractivity contribution in [1.29, 1.82) is 0 Å². The molecule has 1 amide bonds. The third kappa shape index (κ3) is 5.29. The Balaban J connectivity index is 2.05. The summed E-state index contributed by atoms with van der Waals surface area (Å²) in [5.41, 5.74) is 2.18. The zero-order valence-electron chi connectivity index (χ0n) is 11.6. The lowest BCUT2D eigenvalue weighted by molar-refractivity contribution is -0.130. The first-order valence-electron chi connectivity index (χ1n) is 6.81. The smallest absolute Gasteiger partial charge is 0.227 e. The highest BCUT2D eigenvalue weighted by Crippen LogP contribution is 2.14. The molecule has 0 aromatic heterocycles. The number of alkyl halides is 1. The van der Waals surface area contributed by atoms with Gasteiger partial charge in [-0.3, -0.25) is 4.79 Å². The zero-order valence-corrected chi connectivity index (χ0v) is 14.8. The molecule has 110 valence electrons. The minimum Gasteiger partial charge on any atom is -0.337 e. The Morgan fingerprint density at radius 3 is 2.38 bits per heavy atom. The standard InChI is InChI=1S/C17H17Br2NO/c18-9-10-20(13-14-5-2-1-3-6-14)17(21)12-15-7-4-8-16(19)11-15/h1-8,11H,9-10,12-13H2. The number of nitrogens with zero attached hydrogens (tertiary/aromatic N) is 1. The highest BCUT2D eigenvalue weighted by molar-refractivity contribution is 9.10. The largest absolute Gasteiger partial charge is 0.337 e. The summed E-state index contributed by atoms with van der Waals surface area (Å²) >= 11 is 6.87. The Labute approximate surface area is 142 Å². The lowest BCUT2D eigenvalue weighted by atomic mass is 10.1. The van der Waals surface area contributed by atoms with E-state index in [2.05, 4.69) is 31.9 Å². The molecule has 0 saturated carbocycles. The Morgan fingerprint density at radius 1 is 1.00 bits per heavy atom. The summed E-state index contributed by atoms with van der Waals surface area (Å²) in [4.78, 5) is 14.4. The third-order valence-electron chi connectivity index (χ3n) is 3.17. The van der Waals surface area contributed by atoms with Crippen molar-refractivity contribution in [2.45, 2.75) is 13.0 Å². The van der Waals surface area contributed by atoms with Crippen LogP contribution >= 0.6 is 31.9 Å². The summed E-state index contributed by atoms with van der Waals surface area (Å²) in [7, 11) is 0. The molecule has 0 saturated heterocycles. The van der Waals surface area contributed by atoms with E-state index >= 15 is 0 Å². The van der Waals surface area contributed by atoms with E-state index in [1.807, 2.05) is 59.5 Å². The van der Waals surface area contributed by atoms with Crippen LogP contribution in [0, 0.1) is 0 Å². The molecule has 0 spiro atoms. The summed E-state index contributed by atoms with van der Waals surface area (Å²) in [6.07, 6.45) is 0.430.